The lowest BCUT2D eigenvalue weighted by Gasteiger charge is -2.32. The number of hydrogen-bond acceptors (Lipinski definition) is 3. The van der Waals surface area contributed by atoms with Crippen LogP contribution in [0.4, 0.5) is 0 Å². The lowest BCUT2D eigenvalue weighted by atomic mass is 10.2. The van der Waals surface area contributed by atoms with Gasteiger partial charge in [0.1, 0.15) is 0 Å². The van der Waals surface area contributed by atoms with E-state index in [-0.39, 0.29) is 16.8 Å². The van der Waals surface area contributed by atoms with Gasteiger partial charge in [-0.2, -0.15) is 0 Å². The summed E-state index contributed by atoms with van der Waals surface area (Å²) in [7, 11) is 0. The van der Waals surface area contributed by atoms with E-state index >= 15 is 0 Å². The largest absolute Gasteiger partial charge is 0.374 e. The molecule has 0 aromatic carbocycles. The molecule has 2 atom stereocenters. The number of morpholine rings is 1. The molecular formula is C11H21BrN2O2. The molecule has 1 N–H and O–H groups in total. The number of rotatable bonds is 5. The van der Waals surface area contributed by atoms with E-state index in [0.29, 0.717) is 6.54 Å². The highest BCUT2D eigenvalue weighted by molar-refractivity contribution is 9.10. The van der Waals surface area contributed by atoms with E-state index in [1.165, 1.54) is 0 Å². The van der Waals surface area contributed by atoms with Gasteiger partial charge in [-0.15, -0.1) is 0 Å². The van der Waals surface area contributed by atoms with Crippen molar-refractivity contribution in [1.82, 2.24) is 10.2 Å². The van der Waals surface area contributed by atoms with E-state index in [1.807, 2.05) is 6.92 Å². The summed E-state index contributed by atoms with van der Waals surface area (Å²) < 4.78 is 5.60. The number of nitrogens with one attached hydrogen (secondary N) is 1. The van der Waals surface area contributed by atoms with Crippen LogP contribution in [0.5, 0.6) is 0 Å². The third-order valence-electron chi connectivity index (χ3n) is 2.82. The zero-order valence-corrected chi connectivity index (χ0v) is 11.6. The minimum absolute atomic E-state index is 0.0553. The molecule has 1 heterocycles. The van der Waals surface area contributed by atoms with Crippen LogP contribution in [0.25, 0.3) is 0 Å². The van der Waals surface area contributed by atoms with Crippen molar-refractivity contribution in [2.75, 3.05) is 32.8 Å². The van der Waals surface area contributed by atoms with Crippen molar-refractivity contribution in [1.29, 1.82) is 0 Å². The first-order chi connectivity index (χ1) is 7.67. The average Bonchev–Trinajstić information content (AvgIpc) is 2.35. The number of halogens is 1. The fourth-order valence-corrected chi connectivity index (χ4v) is 1.86. The molecule has 1 saturated heterocycles. The Bertz CT molecular complexity index is 226. The first kappa shape index (κ1) is 13.9. The Kier molecular flexibility index (Phi) is 6.31. The number of nitrogens with zero attached hydrogens (tertiary/aromatic N) is 1. The zero-order valence-electron chi connectivity index (χ0n) is 10.0. The van der Waals surface area contributed by atoms with E-state index in [9.17, 15) is 4.79 Å². The molecule has 0 saturated carbocycles. The number of likely N-dealkylation sites (N-methyl/N-ethyl adjacent to an activating group) is 1. The van der Waals surface area contributed by atoms with Crippen LogP contribution in [-0.2, 0) is 9.53 Å². The molecule has 1 fully saturated rings. The molecule has 1 aliphatic heterocycles. The predicted molar refractivity (Wildman–Crippen MR) is 67.9 cm³/mol. The van der Waals surface area contributed by atoms with Gasteiger partial charge in [0, 0.05) is 19.6 Å². The predicted octanol–water partition coefficient (Wildman–Crippen LogP) is 0.997. The Morgan fingerprint density at radius 2 is 2.38 bits per heavy atom. The molecular weight excluding hydrogens is 272 g/mol. The number of hydrogen-bond donors (Lipinski definition) is 1. The summed E-state index contributed by atoms with van der Waals surface area (Å²) >= 11 is 3.33. The minimum atomic E-state index is -0.0848. The lowest BCUT2D eigenvalue weighted by molar-refractivity contribution is -0.121. The van der Waals surface area contributed by atoms with E-state index < -0.39 is 0 Å². The van der Waals surface area contributed by atoms with Crippen LogP contribution in [0, 0.1) is 0 Å². The van der Waals surface area contributed by atoms with Crippen LogP contribution < -0.4 is 5.32 Å². The van der Waals surface area contributed by atoms with Crippen LogP contribution in [0.15, 0.2) is 0 Å². The van der Waals surface area contributed by atoms with Crippen LogP contribution >= 0.6 is 15.9 Å². The molecule has 0 aromatic rings. The summed E-state index contributed by atoms with van der Waals surface area (Å²) in [6.07, 6.45) is 0.938. The van der Waals surface area contributed by atoms with E-state index in [0.717, 1.165) is 32.7 Å². The van der Waals surface area contributed by atoms with Gasteiger partial charge in [0.25, 0.3) is 0 Å². The van der Waals surface area contributed by atoms with Crippen LogP contribution in [0.3, 0.4) is 0 Å². The third-order valence-corrected chi connectivity index (χ3v) is 3.88. The van der Waals surface area contributed by atoms with E-state index in [1.54, 1.807) is 0 Å². The van der Waals surface area contributed by atoms with Gasteiger partial charge in [-0.3, -0.25) is 9.69 Å². The maximum atomic E-state index is 11.5. The maximum Gasteiger partial charge on any atom is 0.233 e. The van der Waals surface area contributed by atoms with Crippen molar-refractivity contribution < 1.29 is 9.53 Å². The molecule has 0 bridgehead atoms. The highest BCUT2D eigenvalue weighted by Crippen LogP contribution is 2.06. The van der Waals surface area contributed by atoms with Gasteiger partial charge in [-0.25, -0.2) is 0 Å². The standard InChI is InChI=1S/C11H21BrN2O2/c1-3-10(12)11(15)13-7-9-8-14(4-2)5-6-16-9/h9-10H,3-8H2,1-2H3,(H,13,15). The van der Waals surface area contributed by atoms with Crippen molar-refractivity contribution in [2.45, 2.75) is 31.2 Å². The molecule has 0 radical (unpaired) electrons. The van der Waals surface area contributed by atoms with Crippen molar-refractivity contribution in [3.8, 4) is 0 Å². The van der Waals surface area contributed by atoms with Gasteiger partial charge in [0.15, 0.2) is 0 Å². The highest BCUT2D eigenvalue weighted by Gasteiger charge is 2.20. The molecule has 1 aliphatic rings. The molecule has 0 spiro atoms. The normalized spacial score (nSPS) is 24.1. The van der Waals surface area contributed by atoms with Crippen LogP contribution in [0.1, 0.15) is 20.3 Å². The second kappa shape index (κ2) is 7.25. The van der Waals surface area contributed by atoms with Gasteiger partial charge < -0.3 is 10.1 Å². The summed E-state index contributed by atoms with van der Waals surface area (Å²) in [5.41, 5.74) is 0. The molecule has 4 nitrogen and oxygen atoms in total. The summed E-state index contributed by atoms with van der Waals surface area (Å²) in [6, 6.07) is 0. The van der Waals surface area contributed by atoms with E-state index in [2.05, 4.69) is 33.1 Å². The Balaban J connectivity index is 2.24. The van der Waals surface area contributed by atoms with Crippen LogP contribution in [-0.4, -0.2) is 54.5 Å². The summed E-state index contributed by atoms with van der Waals surface area (Å²) in [5, 5.41) is 2.91. The average molecular weight is 293 g/mol. The fourth-order valence-electron chi connectivity index (χ4n) is 1.70. The highest BCUT2D eigenvalue weighted by atomic mass is 79.9. The van der Waals surface area contributed by atoms with Gasteiger partial charge in [0.2, 0.25) is 5.91 Å². The number of ether oxygens (including phenoxy) is 1. The van der Waals surface area contributed by atoms with Crippen molar-refractivity contribution >= 4 is 21.8 Å². The Hall–Kier alpha value is -0.130. The first-order valence-corrected chi connectivity index (χ1v) is 6.84. The van der Waals surface area contributed by atoms with Gasteiger partial charge in [0.05, 0.1) is 17.5 Å². The molecule has 1 rings (SSSR count). The van der Waals surface area contributed by atoms with Gasteiger partial charge >= 0.3 is 0 Å². The van der Waals surface area contributed by atoms with Crippen LogP contribution in [0.2, 0.25) is 0 Å². The van der Waals surface area contributed by atoms with Gasteiger partial charge in [-0.1, -0.05) is 29.8 Å². The number of amides is 1. The Labute approximate surface area is 106 Å². The smallest absolute Gasteiger partial charge is 0.233 e. The molecule has 0 aliphatic carbocycles. The summed E-state index contributed by atoms with van der Waals surface area (Å²) in [4.78, 5) is 13.8. The SMILES string of the molecule is CCC(Br)C(=O)NCC1CN(CC)CCO1. The minimum Gasteiger partial charge on any atom is -0.374 e. The molecule has 94 valence electrons. The second-order valence-corrected chi connectivity index (χ2v) is 5.11. The first-order valence-electron chi connectivity index (χ1n) is 5.93. The molecule has 0 aromatic heterocycles. The Morgan fingerprint density at radius 3 is 3.00 bits per heavy atom. The second-order valence-electron chi connectivity index (χ2n) is 4.01. The third kappa shape index (κ3) is 4.39. The van der Waals surface area contributed by atoms with E-state index in [4.69, 9.17) is 4.74 Å². The quantitative estimate of drug-likeness (QED) is 0.769. The summed E-state index contributed by atoms with van der Waals surface area (Å²) in [5.74, 6) is 0.0553. The van der Waals surface area contributed by atoms with Crippen molar-refractivity contribution in [3.05, 3.63) is 0 Å². The monoisotopic (exact) mass is 292 g/mol. The maximum absolute atomic E-state index is 11.5. The molecule has 5 heteroatoms. The van der Waals surface area contributed by atoms with Crippen molar-refractivity contribution in [3.63, 3.8) is 0 Å². The number of alkyl halides is 1. The van der Waals surface area contributed by atoms with Crippen molar-refractivity contribution in [2.24, 2.45) is 0 Å². The molecule has 2 unspecified atom stereocenters. The molecule has 1 amide bonds. The zero-order chi connectivity index (χ0) is 12.0. The van der Waals surface area contributed by atoms with Gasteiger partial charge in [-0.05, 0) is 13.0 Å². The molecule has 16 heavy (non-hydrogen) atoms. The Morgan fingerprint density at radius 1 is 1.62 bits per heavy atom. The summed E-state index contributed by atoms with van der Waals surface area (Å²) in [6.45, 7) is 8.45. The topological polar surface area (TPSA) is 41.6 Å². The fraction of sp³-hybridized carbons (Fsp3) is 0.909. The lowest BCUT2D eigenvalue weighted by Crippen LogP contribution is -2.48. The number of carbonyl (C=O) groups excluding carboxylic acids is 1. The number of carbonyl (C=O) groups is 1.